The van der Waals surface area contributed by atoms with E-state index in [9.17, 15) is 9.13 Å². The molecule has 384 valence electrons. The summed E-state index contributed by atoms with van der Waals surface area (Å²) in [6.07, 6.45) is 4.86. The van der Waals surface area contributed by atoms with E-state index in [1.165, 1.54) is 22.0 Å². The topological polar surface area (TPSA) is 99.3 Å². The highest BCUT2D eigenvalue weighted by atomic mass is 31.2. The second-order valence-corrected chi connectivity index (χ2v) is 33.5. The molecule has 0 spiro atoms. The first-order chi connectivity index (χ1) is 36.3. The van der Waals surface area contributed by atoms with E-state index >= 15 is 9.13 Å². The third-order valence-electron chi connectivity index (χ3n) is 15.2. The third kappa shape index (κ3) is 11.7. The highest BCUT2D eigenvalue weighted by Crippen LogP contribution is 2.58. The van der Waals surface area contributed by atoms with Gasteiger partial charge in [0.1, 0.15) is 20.0 Å². The maximum atomic E-state index is 15.4. The molecule has 10 rings (SSSR count). The molecule has 2 aliphatic rings. The van der Waals surface area contributed by atoms with Gasteiger partial charge in [-0.1, -0.05) is 197 Å². The summed E-state index contributed by atoms with van der Waals surface area (Å²) in [5.74, 6) is 0.599. The molecular weight excluding hydrogens is 1020 g/mol. The van der Waals surface area contributed by atoms with Crippen LogP contribution in [0.15, 0.2) is 206 Å². The summed E-state index contributed by atoms with van der Waals surface area (Å²) in [6, 6.07) is 67.7. The Morgan fingerprint density at radius 2 is 1.09 bits per heavy atom. The standard InChI is InChI=1S/C63H65O7P5/c1-63(39-41-71-60-29-17-15-27-56(60)55-26-14-13-19-49(55)37-40-68-2)62(69-63)38-42-75(67)61-30-18-16-28-57(61)58-47-50(33-36-59(58)70-75)48-31-34-54(35-32-48)74(66,53-24-11-6-12-25-53)46-44-72(3,64)43-45-73(65,51-20-7-4-8-21-51)52-22-9-5-10-23-52/h4-36,47,62,71H,37-46H2,1-3H3. The lowest BCUT2D eigenvalue weighted by Gasteiger charge is -2.29. The van der Waals surface area contributed by atoms with Gasteiger partial charge < -0.3 is 27.7 Å². The van der Waals surface area contributed by atoms with Crippen LogP contribution in [0.3, 0.4) is 0 Å². The molecule has 0 aromatic heterocycles. The Hall–Kier alpha value is -5.17. The zero-order chi connectivity index (χ0) is 52.1. The van der Waals surface area contributed by atoms with Gasteiger partial charge in [-0.3, -0.25) is 4.57 Å². The second-order valence-electron chi connectivity index (χ2n) is 20.3. The van der Waals surface area contributed by atoms with Gasteiger partial charge in [-0.2, -0.15) is 0 Å². The van der Waals surface area contributed by atoms with Crippen molar-refractivity contribution in [1.29, 1.82) is 0 Å². The van der Waals surface area contributed by atoms with Crippen LogP contribution in [0.1, 0.15) is 25.3 Å². The van der Waals surface area contributed by atoms with Crippen molar-refractivity contribution in [3.05, 3.63) is 212 Å². The normalized spacial score (nSPS) is 19.6. The molecule has 0 N–H and O–H groups in total. The van der Waals surface area contributed by atoms with E-state index in [4.69, 9.17) is 14.0 Å². The fourth-order valence-corrected chi connectivity index (χ4v) is 24.6. The lowest BCUT2D eigenvalue weighted by molar-refractivity contribution is 0.202. The van der Waals surface area contributed by atoms with Crippen LogP contribution in [-0.2, 0) is 34.2 Å². The fraction of sp³-hybridized carbons (Fsp3) is 0.238. The van der Waals surface area contributed by atoms with Crippen molar-refractivity contribution in [3.63, 3.8) is 0 Å². The first-order valence-corrected chi connectivity index (χ1v) is 35.3. The van der Waals surface area contributed by atoms with Crippen LogP contribution in [0.5, 0.6) is 5.75 Å². The predicted molar refractivity (Wildman–Crippen MR) is 319 cm³/mol. The Labute approximate surface area is 445 Å². The Bertz CT molecular complexity index is 3430. The summed E-state index contributed by atoms with van der Waals surface area (Å²) < 4.78 is 78.1. The average molecular weight is 1090 g/mol. The van der Waals surface area contributed by atoms with E-state index in [2.05, 4.69) is 61.5 Å². The van der Waals surface area contributed by atoms with Crippen molar-refractivity contribution in [2.75, 3.05) is 57.4 Å². The Balaban J connectivity index is 0.804. The summed E-state index contributed by atoms with van der Waals surface area (Å²) in [4.78, 5) is 0. The van der Waals surface area contributed by atoms with Gasteiger partial charge in [-0.15, -0.1) is 0 Å². The largest absolute Gasteiger partial charge is 0.439 e. The first-order valence-electron chi connectivity index (χ1n) is 25.9. The molecule has 12 heteroatoms. The van der Waals surface area contributed by atoms with Gasteiger partial charge >= 0.3 is 0 Å². The molecule has 0 bridgehead atoms. The van der Waals surface area contributed by atoms with Crippen LogP contribution < -0.4 is 36.4 Å². The molecule has 8 aromatic carbocycles. The summed E-state index contributed by atoms with van der Waals surface area (Å²) in [5, 5.41) is 5.01. The van der Waals surface area contributed by atoms with Gasteiger partial charge in [0, 0.05) is 64.7 Å². The number of methoxy groups -OCH3 is 1. The SMILES string of the molecule is COCCc1ccccc1-c1ccccc1PCCC1(C)OC1CCP1(=O)Oc2ccc(-c3ccc(P(=O)(CCP(C)(=O)CCP(=O)(c4ccccc4)c4ccccc4)c4ccccc4)cc3)cc2-c2ccccc21. The van der Waals surface area contributed by atoms with Gasteiger partial charge in [0.25, 0.3) is 7.37 Å². The molecule has 2 heterocycles. The molecule has 0 saturated carbocycles. The van der Waals surface area contributed by atoms with Crippen LogP contribution in [0.4, 0.5) is 0 Å². The Kier molecular flexibility index (Phi) is 16.2. The van der Waals surface area contributed by atoms with Crippen molar-refractivity contribution in [2.24, 2.45) is 0 Å². The van der Waals surface area contributed by atoms with Gasteiger partial charge in [0.15, 0.2) is 0 Å². The summed E-state index contributed by atoms with van der Waals surface area (Å²) in [5.41, 5.74) is 7.26. The minimum Gasteiger partial charge on any atom is -0.439 e. The van der Waals surface area contributed by atoms with Gasteiger partial charge in [0.05, 0.1) is 30.8 Å². The Morgan fingerprint density at radius 1 is 0.573 bits per heavy atom. The highest BCUT2D eigenvalue weighted by molar-refractivity contribution is 7.80. The summed E-state index contributed by atoms with van der Waals surface area (Å²) in [7, 11) is -10.1. The smallest absolute Gasteiger partial charge is 0.278 e. The number of hydrogen-bond acceptors (Lipinski definition) is 7. The fourth-order valence-electron chi connectivity index (χ4n) is 10.6. The average Bonchev–Trinajstić information content (AvgIpc) is 4.12. The highest BCUT2D eigenvalue weighted by Gasteiger charge is 2.52. The molecule has 1 saturated heterocycles. The molecule has 6 unspecified atom stereocenters. The van der Waals surface area contributed by atoms with E-state index in [-0.39, 0.29) is 36.4 Å². The van der Waals surface area contributed by atoms with Crippen molar-refractivity contribution < 1.29 is 32.3 Å². The number of benzene rings is 8. The van der Waals surface area contributed by atoms with Crippen LogP contribution in [0.25, 0.3) is 33.4 Å². The second kappa shape index (κ2) is 22.8. The number of fused-ring (bicyclic) bond motifs is 3. The van der Waals surface area contributed by atoms with Crippen molar-refractivity contribution in [2.45, 2.75) is 37.9 Å². The number of ether oxygens (including phenoxy) is 2. The van der Waals surface area contributed by atoms with E-state index in [0.29, 0.717) is 38.8 Å². The van der Waals surface area contributed by atoms with E-state index < -0.39 is 28.8 Å². The molecule has 2 aliphatic heterocycles. The van der Waals surface area contributed by atoms with E-state index in [1.807, 2.05) is 152 Å². The molecule has 6 atom stereocenters. The van der Waals surface area contributed by atoms with Crippen LogP contribution >= 0.6 is 37.4 Å². The van der Waals surface area contributed by atoms with Gasteiger partial charge in [-0.25, -0.2) is 0 Å². The lowest BCUT2D eigenvalue weighted by atomic mass is 9.98. The molecule has 8 aromatic rings. The summed E-state index contributed by atoms with van der Waals surface area (Å²) >= 11 is 0. The minimum absolute atomic E-state index is 0.00878. The van der Waals surface area contributed by atoms with Crippen LogP contribution in [0, 0.1) is 0 Å². The maximum absolute atomic E-state index is 15.4. The van der Waals surface area contributed by atoms with Crippen molar-refractivity contribution in [1.82, 2.24) is 0 Å². The molecule has 7 nitrogen and oxygen atoms in total. The van der Waals surface area contributed by atoms with Crippen LogP contribution in [0.2, 0.25) is 0 Å². The molecular formula is C63H65O7P5. The minimum atomic E-state index is -3.29. The number of rotatable bonds is 22. The quantitative estimate of drug-likeness (QED) is 0.0492. The van der Waals surface area contributed by atoms with Gasteiger partial charge in [-0.05, 0) is 95.9 Å². The van der Waals surface area contributed by atoms with Gasteiger partial charge in [0.2, 0.25) is 0 Å². The Morgan fingerprint density at radius 3 is 1.71 bits per heavy atom. The molecule has 0 radical (unpaired) electrons. The zero-order valence-electron chi connectivity index (χ0n) is 42.9. The molecule has 0 aliphatic carbocycles. The number of hydrogen-bond donors (Lipinski definition) is 0. The third-order valence-corrected chi connectivity index (χ3v) is 28.2. The predicted octanol–water partition coefficient (Wildman–Crippen LogP) is 13.4. The van der Waals surface area contributed by atoms with Crippen molar-refractivity contribution >= 4 is 69.2 Å². The number of epoxide rings is 1. The summed E-state index contributed by atoms with van der Waals surface area (Å²) in [6.45, 7) is 4.65. The zero-order valence-corrected chi connectivity index (χ0v) is 47.5. The van der Waals surface area contributed by atoms with E-state index in [1.54, 1.807) is 13.8 Å². The van der Waals surface area contributed by atoms with E-state index in [0.717, 1.165) is 62.5 Å². The molecule has 75 heavy (non-hydrogen) atoms. The molecule has 0 amide bonds. The maximum Gasteiger partial charge on any atom is 0.278 e. The first kappa shape index (κ1) is 53.2. The monoisotopic (exact) mass is 1090 g/mol. The molecule has 1 fully saturated rings. The van der Waals surface area contributed by atoms with Crippen molar-refractivity contribution in [3.8, 4) is 39.1 Å². The lowest BCUT2D eigenvalue weighted by Crippen LogP contribution is -2.22. The van der Waals surface area contributed by atoms with Crippen LogP contribution in [-0.4, -0.2) is 69.1 Å².